The van der Waals surface area contributed by atoms with Crippen LogP contribution in [0.3, 0.4) is 0 Å². The predicted octanol–water partition coefficient (Wildman–Crippen LogP) is 4.57. The largest absolute Gasteiger partial charge is 0.368 e. The van der Waals surface area contributed by atoms with E-state index in [1.165, 1.54) is 11.8 Å². The van der Waals surface area contributed by atoms with E-state index in [1.54, 1.807) is 0 Å². The van der Waals surface area contributed by atoms with Crippen LogP contribution < -0.4 is 16.0 Å². The highest BCUT2D eigenvalue weighted by Gasteiger charge is 2.28. The highest BCUT2D eigenvalue weighted by atomic mass is 15.2. The number of nitrogens with two attached hydrogens (primary N) is 1. The van der Waals surface area contributed by atoms with Gasteiger partial charge in [-0.15, -0.1) is 0 Å². The smallest absolute Gasteiger partial charge is 0.222 e. The molecule has 0 saturated carbocycles. The van der Waals surface area contributed by atoms with Gasteiger partial charge in [0.15, 0.2) is 0 Å². The fourth-order valence-electron chi connectivity index (χ4n) is 3.76. The Labute approximate surface area is 176 Å². The molecular formula is C24H22N6. The number of para-hydroxylation sites is 1. The van der Waals surface area contributed by atoms with Crippen LogP contribution in [0.4, 0.5) is 17.5 Å². The molecule has 0 amide bonds. The second kappa shape index (κ2) is 7.72. The minimum absolute atomic E-state index is 0.117. The molecule has 4 rings (SSSR count). The van der Waals surface area contributed by atoms with Gasteiger partial charge in [-0.1, -0.05) is 43.0 Å². The lowest BCUT2D eigenvalue weighted by molar-refractivity contribution is 0.880. The summed E-state index contributed by atoms with van der Waals surface area (Å²) in [7, 11) is 0. The van der Waals surface area contributed by atoms with Crippen molar-refractivity contribution in [2.75, 3.05) is 16.0 Å². The van der Waals surface area contributed by atoms with Gasteiger partial charge in [0.1, 0.15) is 17.5 Å². The van der Waals surface area contributed by atoms with Crippen molar-refractivity contribution in [1.29, 1.82) is 5.26 Å². The van der Waals surface area contributed by atoms with E-state index in [2.05, 4.69) is 70.1 Å². The van der Waals surface area contributed by atoms with Gasteiger partial charge in [-0.3, -0.25) is 0 Å². The van der Waals surface area contributed by atoms with Crippen LogP contribution in [-0.2, 0) is 0 Å². The second-order valence-electron chi connectivity index (χ2n) is 7.19. The Balaban J connectivity index is 1.82. The number of fused-ring (bicyclic) bond motifs is 1. The zero-order chi connectivity index (χ0) is 21.3. The van der Waals surface area contributed by atoms with Gasteiger partial charge < -0.3 is 16.0 Å². The van der Waals surface area contributed by atoms with Crippen molar-refractivity contribution in [2.45, 2.75) is 19.9 Å². The number of rotatable bonds is 4. The first-order valence-electron chi connectivity index (χ1n) is 9.64. The van der Waals surface area contributed by atoms with E-state index < -0.39 is 0 Å². The fraction of sp³-hybridized carbons (Fsp3) is 0.125. The number of anilines is 3. The number of benzene rings is 2. The second-order valence-corrected chi connectivity index (χ2v) is 7.19. The molecule has 1 atom stereocenters. The van der Waals surface area contributed by atoms with Gasteiger partial charge in [-0.25, -0.2) is 4.98 Å². The van der Waals surface area contributed by atoms with Gasteiger partial charge >= 0.3 is 0 Å². The van der Waals surface area contributed by atoms with Gasteiger partial charge in [-0.05, 0) is 43.2 Å². The lowest BCUT2D eigenvalue weighted by Crippen LogP contribution is -2.34. The molecule has 6 heteroatoms. The van der Waals surface area contributed by atoms with Crippen molar-refractivity contribution in [2.24, 2.45) is 0 Å². The Morgan fingerprint density at radius 3 is 2.67 bits per heavy atom. The monoisotopic (exact) mass is 394 g/mol. The molecule has 0 fully saturated rings. The van der Waals surface area contributed by atoms with E-state index in [9.17, 15) is 5.26 Å². The van der Waals surface area contributed by atoms with Crippen molar-refractivity contribution in [1.82, 2.24) is 9.97 Å². The van der Waals surface area contributed by atoms with Crippen LogP contribution in [0.5, 0.6) is 0 Å². The molecule has 3 aromatic rings. The molecule has 6 nitrogen and oxygen atoms in total. The van der Waals surface area contributed by atoms with E-state index in [0.717, 1.165) is 28.2 Å². The summed E-state index contributed by atoms with van der Waals surface area (Å²) in [5.41, 5.74) is 12.4. The summed E-state index contributed by atoms with van der Waals surface area (Å²) in [6.45, 7) is 8.54. The molecule has 148 valence electrons. The summed E-state index contributed by atoms with van der Waals surface area (Å²) in [5, 5.41) is 12.7. The zero-order valence-electron chi connectivity index (χ0n) is 16.9. The van der Waals surface area contributed by atoms with Gasteiger partial charge in [0.2, 0.25) is 5.95 Å². The number of nitrogens with zero attached hydrogens (tertiary/aromatic N) is 4. The Morgan fingerprint density at radius 1 is 1.17 bits per heavy atom. The third-order valence-corrected chi connectivity index (χ3v) is 5.16. The zero-order valence-corrected chi connectivity index (χ0v) is 16.9. The Hall–Kier alpha value is -4.11. The topological polar surface area (TPSA) is 90.9 Å². The first-order valence-corrected chi connectivity index (χ1v) is 9.64. The molecule has 30 heavy (non-hydrogen) atoms. The lowest BCUT2D eigenvalue weighted by atomic mass is 9.92. The molecule has 1 aliphatic heterocycles. The standard InChI is InChI=1S/C24H22N6/c1-15-8-7-9-18-12-21(16(2)28-23-19(13-25)14-27-24(26)29-23)30(17(3)22(15)18)20-10-5-4-6-11-20/h4-12,14,16H,3H2,1-2H3,(H3,26,27,28,29)/t16-/m0/s1. The van der Waals surface area contributed by atoms with Crippen molar-refractivity contribution >= 4 is 29.2 Å². The molecule has 1 aromatic heterocycles. The average Bonchev–Trinajstić information content (AvgIpc) is 2.74. The van der Waals surface area contributed by atoms with E-state index in [0.29, 0.717) is 11.4 Å². The van der Waals surface area contributed by atoms with E-state index >= 15 is 0 Å². The third kappa shape index (κ3) is 3.38. The van der Waals surface area contributed by atoms with Crippen LogP contribution in [-0.4, -0.2) is 16.0 Å². The van der Waals surface area contributed by atoms with Gasteiger partial charge in [-0.2, -0.15) is 10.2 Å². The van der Waals surface area contributed by atoms with Crippen LogP contribution >= 0.6 is 0 Å². The summed E-state index contributed by atoms with van der Waals surface area (Å²) in [4.78, 5) is 10.3. The maximum atomic E-state index is 9.42. The summed E-state index contributed by atoms with van der Waals surface area (Å²) in [6.07, 6.45) is 3.58. The summed E-state index contributed by atoms with van der Waals surface area (Å²) in [5.74, 6) is 0.527. The van der Waals surface area contributed by atoms with Crippen molar-refractivity contribution < 1.29 is 0 Å². The molecule has 0 unspecified atom stereocenters. The van der Waals surface area contributed by atoms with E-state index in [4.69, 9.17) is 5.73 Å². The SMILES string of the molecule is C=C1c2c(C)cccc2C=C([C@H](C)Nc2nc(N)ncc2C#N)N1c1ccccc1. The number of nitrogens with one attached hydrogen (secondary N) is 1. The normalized spacial score (nSPS) is 13.8. The lowest BCUT2D eigenvalue weighted by Gasteiger charge is -2.37. The quantitative estimate of drug-likeness (QED) is 0.673. The molecule has 0 saturated heterocycles. The Morgan fingerprint density at radius 2 is 1.93 bits per heavy atom. The van der Waals surface area contributed by atoms with Crippen LogP contribution in [0, 0.1) is 18.3 Å². The van der Waals surface area contributed by atoms with Crippen LogP contribution in [0.15, 0.2) is 67.0 Å². The highest BCUT2D eigenvalue weighted by Crippen LogP contribution is 2.39. The number of aryl methyl sites for hydroxylation is 1. The van der Waals surface area contributed by atoms with Gasteiger partial charge in [0.25, 0.3) is 0 Å². The molecule has 0 bridgehead atoms. The van der Waals surface area contributed by atoms with Crippen molar-refractivity contribution in [3.05, 3.63) is 89.3 Å². The molecule has 1 aliphatic rings. The predicted molar refractivity (Wildman–Crippen MR) is 121 cm³/mol. The van der Waals surface area contributed by atoms with E-state index in [-0.39, 0.29) is 12.0 Å². The molecular weight excluding hydrogens is 372 g/mol. The molecule has 2 aromatic carbocycles. The van der Waals surface area contributed by atoms with Crippen LogP contribution in [0.1, 0.15) is 29.2 Å². The number of aromatic nitrogens is 2. The maximum absolute atomic E-state index is 9.42. The summed E-state index contributed by atoms with van der Waals surface area (Å²) >= 11 is 0. The number of nitriles is 1. The minimum Gasteiger partial charge on any atom is -0.368 e. The molecule has 0 spiro atoms. The highest BCUT2D eigenvalue weighted by molar-refractivity contribution is 5.92. The Bertz CT molecular complexity index is 1190. The summed E-state index contributed by atoms with van der Waals surface area (Å²) < 4.78 is 0. The van der Waals surface area contributed by atoms with Gasteiger partial charge in [0, 0.05) is 22.6 Å². The molecule has 0 radical (unpaired) electrons. The van der Waals surface area contributed by atoms with Crippen LogP contribution in [0.2, 0.25) is 0 Å². The summed E-state index contributed by atoms with van der Waals surface area (Å²) in [6, 6.07) is 18.3. The fourth-order valence-corrected chi connectivity index (χ4v) is 3.76. The molecule has 0 aliphatic carbocycles. The first kappa shape index (κ1) is 19.2. The van der Waals surface area contributed by atoms with Crippen LogP contribution in [0.25, 0.3) is 11.8 Å². The first-order chi connectivity index (χ1) is 14.5. The number of hydrogen-bond donors (Lipinski definition) is 2. The molecule has 3 N–H and O–H groups in total. The number of nitrogen functional groups attached to an aromatic ring is 1. The molecule has 2 heterocycles. The third-order valence-electron chi connectivity index (χ3n) is 5.16. The average molecular weight is 394 g/mol. The van der Waals surface area contributed by atoms with Crippen molar-refractivity contribution in [3.8, 4) is 6.07 Å². The number of hydrogen-bond acceptors (Lipinski definition) is 6. The van der Waals surface area contributed by atoms with Gasteiger partial charge in [0.05, 0.1) is 12.2 Å². The minimum atomic E-state index is -0.183. The Kier molecular flexibility index (Phi) is 4.95. The van der Waals surface area contributed by atoms with Crippen molar-refractivity contribution in [3.63, 3.8) is 0 Å². The maximum Gasteiger partial charge on any atom is 0.222 e. The van der Waals surface area contributed by atoms with E-state index in [1.807, 2.05) is 31.2 Å².